The van der Waals surface area contributed by atoms with E-state index in [-0.39, 0.29) is 0 Å². The van der Waals surface area contributed by atoms with Gasteiger partial charge in [-0.05, 0) is 23.8 Å². The summed E-state index contributed by atoms with van der Waals surface area (Å²) in [4.78, 5) is 4.88. The molecule has 0 bridgehead atoms. The van der Waals surface area contributed by atoms with E-state index in [1.54, 1.807) is 0 Å². The van der Waals surface area contributed by atoms with E-state index in [4.69, 9.17) is 18.0 Å². The third kappa shape index (κ3) is 3.26. The maximum atomic E-state index is 5.70. The van der Waals surface area contributed by atoms with Gasteiger partial charge in [0.15, 0.2) is 0 Å². The number of imidazole rings is 1. The van der Waals surface area contributed by atoms with Crippen molar-refractivity contribution < 1.29 is 0 Å². The van der Waals surface area contributed by atoms with Crippen LogP contribution in [0.3, 0.4) is 0 Å². The van der Waals surface area contributed by atoms with Gasteiger partial charge in [0.1, 0.15) is 10.8 Å². The number of aromatic nitrogens is 2. The standard InChI is InChI=1S/C17H14BrN3S/c18-15-6-4-13(5-7-15)17-20-8-9-21(17)11-12-2-1-3-14(10-12)16(19)22/h1-10H,11H2,(H2,19,22). The number of nitrogens with two attached hydrogens (primary N) is 1. The summed E-state index contributed by atoms with van der Waals surface area (Å²) in [6.07, 6.45) is 3.79. The molecule has 3 nitrogen and oxygen atoms in total. The molecule has 0 aliphatic rings. The van der Waals surface area contributed by atoms with Gasteiger partial charge in [-0.1, -0.05) is 58.5 Å². The van der Waals surface area contributed by atoms with Gasteiger partial charge in [0.25, 0.3) is 0 Å². The summed E-state index contributed by atoms with van der Waals surface area (Å²) >= 11 is 8.49. The van der Waals surface area contributed by atoms with Crippen molar-refractivity contribution in [3.63, 3.8) is 0 Å². The van der Waals surface area contributed by atoms with Crippen molar-refractivity contribution in [3.05, 3.63) is 76.5 Å². The van der Waals surface area contributed by atoms with Crippen molar-refractivity contribution in [2.45, 2.75) is 6.54 Å². The summed E-state index contributed by atoms with van der Waals surface area (Å²) in [7, 11) is 0. The molecule has 3 rings (SSSR count). The number of benzene rings is 2. The Balaban J connectivity index is 1.91. The lowest BCUT2D eigenvalue weighted by Gasteiger charge is -2.09. The van der Waals surface area contributed by atoms with Crippen LogP contribution in [0.5, 0.6) is 0 Å². The van der Waals surface area contributed by atoms with E-state index in [1.807, 2.05) is 54.9 Å². The first-order valence-electron chi connectivity index (χ1n) is 6.79. The Bertz CT molecular complexity index is 809. The van der Waals surface area contributed by atoms with Crippen molar-refractivity contribution in [1.29, 1.82) is 0 Å². The number of rotatable bonds is 4. The second-order valence-corrected chi connectivity index (χ2v) is 6.31. The molecule has 0 spiro atoms. The Hall–Kier alpha value is -1.98. The second kappa shape index (κ2) is 6.42. The van der Waals surface area contributed by atoms with Crippen LogP contribution in [-0.2, 0) is 6.54 Å². The fraction of sp³-hybridized carbons (Fsp3) is 0.0588. The SMILES string of the molecule is NC(=S)c1cccc(Cn2ccnc2-c2ccc(Br)cc2)c1. The van der Waals surface area contributed by atoms with Crippen LogP contribution in [0, 0.1) is 0 Å². The Labute approximate surface area is 142 Å². The van der Waals surface area contributed by atoms with Gasteiger partial charge in [-0.15, -0.1) is 0 Å². The van der Waals surface area contributed by atoms with E-state index in [1.165, 1.54) is 0 Å². The highest BCUT2D eigenvalue weighted by atomic mass is 79.9. The van der Waals surface area contributed by atoms with Gasteiger partial charge in [0.05, 0.1) is 0 Å². The predicted molar refractivity (Wildman–Crippen MR) is 96.8 cm³/mol. The van der Waals surface area contributed by atoms with Crippen molar-refractivity contribution in [1.82, 2.24) is 9.55 Å². The monoisotopic (exact) mass is 371 g/mol. The van der Waals surface area contributed by atoms with Crippen LogP contribution in [0.2, 0.25) is 0 Å². The second-order valence-electron chi connectivity index (χ2n) is 4.95. The molecule has 1 heterocycles. The van der Waals surface area contributed by atoms with Crippen molar-refractivity contribution >= 4 is 33.1 Å². The summed E-state index contributed by atoms with van der Waals surface area (Å²) in [5.41, 5.74) is 8.81. The van der Waals surface area contributed by atoms with Crippen LogP contribution in [0.15, 0.2) is 65.4 Å². The molecule has 1 aromatic heterocycles. The molecule has 0 atom stereocenters. The van der Waals surface area contributed by atoms with Gasteiger partial charge >= 0.3 is 0 Å². The molecule has 3 aromatic rings. The molecule has 0 saturated heterocycles. The van der Waals surface area contributed by atoms with E-state index >= 15 is 0 Å². The minimum Gasteiger partial charge on any atom is -0.389 e. The van der Waals surface area contributed by atoms with Gasteiger partial charge in [0, 0.05) is 34.5 Å². The van der Waals surface area contributed by atoms with E-state index in [9.17, 15) is 0 Å². The zero-order valence-electron chi connectivity index (χ0n) is 11.7. The first kappa shape index (κ1) is 14.9. The zero-order valence-corrected chi connectivity index (χ0v) is 14.1. The van der Waals surface area contributed by atoms with Crippen molar-refractivity contribution in [3.8, 4) is 11.4 Å². The summed E-state index contributed by atoms with van der Waals surface area (Å²) in [6.45, 7) is 0.724. The molecule has 0 amide bonds. The molecule has 2 N–H and O–H groups in total. The molecule has 0 aliphatic carbocycles. The third-order valence-electron chi connectivity index (χ3n) is 3.38. The van der Waals surface area contributed by atoms with Crippen LogP contribution in [0.25, 0.3) is 11.4 Å². The number of halogens is 1. The number of hydrogen-bond acceptors (Lipinski definition) is 2. The minimum atomic E-state index is 0.417. The highest BCUT2D eigenvalue weighted by Gasteiger charge is 2.07. The van der Waals surface area contributed by atoms with Crippen molar-refractivity contribution in [2.75, 3.05) is 0 Å². The zero-order chi connectivity index (χ0) is 15.5. The van der Waals surface area contributed by atoms with E-state index in [0.717, 1.165) is 33.5 Å². The molecule has 5 heteroatoms. The average molecular weight is 372 g/mol. The lowest BCUT2D eigenvalue weighted by Crippen LogP contribution is -2.10. The fourth-order valence-electron chi connectivity index (χ4n) is 2.32. The molecule has 0 fully saturated rings. The number of hydrogen-bond donors (Lipinski definition) is 1. The van der Waals surface area contributed by atoms with E-state index in [0.29, 0.717) is 4.99 Å². The normalized spacial score (nSPS) is 10.6. The molecular weight excluding hydrogens is 358 g/mol. The summed E-state index contributed by atoms with van der Waals surface area (Å²) < 4.78 is 3.17. The lowest BCUT2D eigenvalue weighted by atomic mass is 10.1. The molecule has 22 heavy (non-hydrogen) atoms. The Morgan fingerprint density at radius 2 is 1.95 bits per heavy atom. The molecule has 0 unspecified atom stereocenters. The predicted octanol–water partition coefficient (Wildman–Crippen LogP) is 4.00. The first-order valence-corrected chi connectivity index (χ1v) is 7.99. The third-order valence-corrected chi connectivity index (χ3v) is 4.15. The quantitative estimate of drug-likeness (QED) is 0.705. The lowest BCUT2D eigenvalue weighted by molar-refractivity contribution is 0.807. The highest BCUT2D eigenvalue weighted by molar-refractivity contribution is 9.10. The van der Waals surface area contributed by atoms with Gasteiger partial charge in [-0.2, -0.15) is 0 Å². The Kier molecular flexibility index (Phi) is 4.36. The number of thiocarbonyl (C=S) groups is 1. The van der Waals surface area contributed by atoms with Crippen LogP contribution in [0.4, 0.5) is 0 Å². The number of nitrogens with zero attached hydrogens (tertiary/aromatic N) is 2. The maximum Gasteiger partial charge on any atom is 0.140 e. The van der Waals surface area contributed by atoms with Crippen molar-refractivity contribution in [2.24, 2.45) is 5.73 Å². The fourth-order valence-corrected chi connectivity index (χ4v) is 2.71. The average Bonchev–Trinajstić information content (AvgIpc) is 2.96. The molecule has 0 saturated carbocycles. The Morgan fingerprint density at radius 1 is 1.18 bits per heavy atom. The Morgan fingerprint density at radius 3 is 2.68 bits per heavy atom. The molecule has 0 radical (unpaired) electrons. The summed E-state index contributed by atoms with van der Waals surface area (Å²) in [5.74, 6) is 0.938. The van der Waals surface area contributed by atoms with Crippen LogP contribution < -0.4 is 5.73 Å². The van der Waals surface area contributed by atoms with Crippen LogP contribution in [-0.4, -0.2) is 14.5 Å². The smallest absolute Gasteiger partial charge is 0.140 e. The maximum absolute atomic E-state index is 5.70. The molecular formula is C17H14BrN3S. The van der Waals surface area contributed by atoms with Crippen LogP contribution >= 0.6 is 28.1 Å². The van der Waals surface area contributed by atoms with E-state index < -0.39 is 0 Å². The van der Waals surface area contributed by atoms with Gasteiger partial charge in [0.2, 0.25) is 0 Å². The van der Waals surface area contributed by atoms with Crippen LogP contribution in [0.1, 0.15) is 11.1 Å². The molecule has 0 aliphatic heterocycles. The van der Waals surface area contributed by atoms with Gasteiger partial charge < -0.3 is 10.3 Å². The van der Waals surface area contributed by atoms with Gasteiger partial charge in [-0.25, -0.2) is 4.98 Å². The first-order chi connectivity index (χ1) is 10.6. The topological polar surface area (TPSA) is 43.8 Å². The van der Waals surface area contributed by atoms with Gasteiger partial charge in [-0.3, -0.25) is 0 Å². The summed E-state index contributed by atoms with van der Waals surface area (Å²) in [6, 6.07) is 16.1. The molecule has 110 valence electrons. The minimum absolute atomic E-state index is 0.417. The largest absolute Gasteiger partial charge is 0.389 e. The summed E-state index contributed by atoms with van der Waals surface area (Å²) in [5, 5.41) is 0. The molecule has 2 aromatic carbocycles. The van der Waals surface area contributed by atoms with E-state index in [2.05, 4.69) is 31.5 Å². The highest BCUT2D eigenvalue weighted by Crippen LogP contribution is 2.21.